The van der Waals surface area contributed by atoms with Crippen LogP contribution in [-0.4, -0.2) is 30.4 Å². The zero-order valence-electron chi connectivity index (χ0n) is 11.8. The molecule has 1 saturated carbocycles. The van der Waals surface area contributed by atoms with Crippen molar-refractivity contribution in [3.8, 4) is 0 Å². The first-order chi connectivity index (χ1) is 7.97. The number of carbonyl (C=O) groups excluding carboxylic acids is 1. The molecular formula is C14H28N2O. The van der Waals surface area contributed by atoms with E-state index in [9.17, 15) is 4.79 Å². The van der Waals surface area contributed by atoms with Crippen molar-refractivity contribution >= 4 is 5.91 Å². The first kappa shape index (κ1) is 14.5. The molecule has 1 aliphatic carbocycles. The van der Waals surface area contributed by atoms with Crippen LogP contribution >= 0.6 is 0 Å². The smallest absolute Gasteiger partial charge is 0.225 e. The molecule has 0 bridgehead atoms. The van der Waals surface area contributed by atoms with Crippen LogP contribution in [0.5, 0.6) is 0 Å². The van der Waals surface area contributed by atoms with Gasteiger partial charge in [-0.15, -0.1) is 0 Å². The maximum Gasteiger partial charge on any atom is 0.225 e. The SMILES string of the molecule is CC(C)CC(C)N(C)C(=O)C1CCCC1CN. The van der Waals surface area contributed by atoms with Crippen LogP contribution in [0.4, 0.5) is 0 Å². The molecule has 3 atom stereocenters. The summed E-state index contributed by atoms with van der Waals surface area (Å²) in [6.45, 7) is 7.20. The Kier molecular flexibility index (Phi) is 5.44. The third kappa shape index (κ3) is 3.70. The molecule has 100 valence electrons. The molecule has 0 spiro atoms. The first-order valence-corrected chi connectivity index (χ1v) is 6.94. The lowest BCUT2D eigenvalue weighted by Crippen LogP contribution is -2.41. The summed E-state index contributed by atoms with van der Waals surface area (Å²) in [6.07, 6.45) is 4.38. The third-order valence-corrected chi connectivity index (χ3v) is 4.10. The zero-order chi connectivity index (χ0) is 13.0. The summed E-state index contributed by atoms with van der Waals surface area (Å²) in [4.78, 5) is 14.4. The quantitative estimate of drug-likeness (QED) is 0.801. The molecule has 0 radical (unpaired) electrons. The highest BCUT2D eigenvalue weighted by atomic mass is 16.2. The molecular weight excluding hydrogens is 212 g/mol. The second kappa shape index (κ2) is 6.39. The fourth-order valence-electron chi connectivity index (χ4n) is 2.96. The molecule has 3 heteroatoms. The Morgan fingerprint density at radius 2 is 2.00 bits per heavy atom. The Labute approximate surface area is 106 Å². The average Bonchev–Trinajstić information content (AvgIpc) is 2.73. The number of nitrogens with zero attached hydrogens (tertiary/aromatic N) is 1. The van der Waals surface area contributed by atoms with Gasteiger partial charge in [0.2, 0.25) is 5.91 Å². The van der Waals surface area contributed by atoms with Gasteiger partial charge in [-0.25, -0.2) is 0 Å². The monoisotopic (exact) mass is 240 g/mol. The highest BCUT2D eigenvalue weighted by molar-refractivity contribution is 5.79. The molecule has 0 saturated heterocycles. The van der Waals surface area contributed by atoms with Crippen molar-refractivity contribution in [2.75, 3.05) is 13.6 Å². The second-order valence-corrected chi connectivity index (χ2v) is 5.96. The normalized spacial score (nSPS) is 26.2. The van der Waals surface area contributed by atoms with Crippen LogP contribution in [0, 0.1) is 17.8 Å². The van der Waals surface area contributed by atoms with E-state index in [0.717, 1.165) is 25.7 Å². The van der Waals surface area contributed by atoms with Crippen molar-refractivity contribution in [2.45, 2.75) is 52.5 Å². The third-order valence-electron chi connectivity index (χ3n) is 4.10. The van der Waals surface area contributed by atoms with Crippen LogP contribution in [0.1, 0.15) is 46.5 Å². The number of rotatable bonds is 5. The molecule has 0 aromatic carbocycles. The Bertz CT molecular complexity index is 253. The Morgan fingerprint density at radius 3 is 2.53 bits per heavy atom. The minimum Gasteiger partial charge on any atom is -0.343 e. The van der Waals surface area contributed by atoms with Crippen LogP contribution in [-0.2, 0) is 4.79 Å². The molecule has 1 fully saturated rings. The minimum atomic E-state index is 0.180. The van der Waals surface area contributed by atoms with Crippen molar-refractivity contribution in [1.29, 1.82) is 0 Å². The van der Waals surface area contributed by atoms with E-state index in [2.05, 4.69) is 20.8 Å². The van der Waals surface area contributed by atoms with Gasteiger partial charge in [-0.2, -0.15) is 0 Å². The van der Waals surface area contributed by atoms with E-state index in [1.807, 2.05) is 11.9 Å². The lowest BCUT2D eigenvalue weighted by molar-refractivity contribution is -0.137. The van der Waals surface area contributed by atoms with Gasteiger partial charge in [-0.1, -0.05) is 20.3 Å². The van der Waals surface area contributed by atoms with Crippen molar-refractivity contribution in [3.63, 3.8) is 0 Å². The highest BCUT2D eigenvalue weighted by Gasteiger charge is 2.34. The van der Waals surface area contributed by atoms with Crippen LogP contribution in [0.3, 0.4) is 0 Å². The second-order valence-electron chi connectivity index (χ2n) is 5.96. The maximum atomic E-state index is 12.4. The van der Waals surface area contributed by atoms with Crippen LogP contribution in [0.15, 0.2) is 0 Å². The van der Waals surface area contributed by atoms with Gasteiger partial charge in [0, 0.05) is 19.0 Å². The minimum absolute atomic E-state index is 0.180. The summed E-state index contributed by atoms with van der Waals surface area (Å²) in [5, 5.41) is 0. The summed E-state index contributed by atoms with van der Waals surface area (Å²) in [7, 11) is 1.95. The molecule has 1 aliphatic rings. The number of hydrogen-bond acceptors (Lipinski definition) is 2. The molecule has 0 aromatic heterocycles. The molecule has 0 heterocycles. The predicted molar refractivity (Wildman–Crippen MR) is 71.6 cm³/mol. The molecule has 3 nitrogen and oxygen atoms in total. The Balaban J connectivity index is 2.56. The van der Waals surface area contributed by atoms with Crippen molar-refractivity contribution < 1.29 is 4.79 Å². The van der Waals surface area contributed by atoms with E-state index in [4.69, 9.17) is 5.73 Å². The highest BCUT2D eigenvalue weighted by Crippen LogP contribution is 2.32. The van der Waals surface area contributed by atoms with E-state index in [-0.39, 0.29) is 5.92 Å². The summed E-state index contributed by atoms with van der Waals surface area (Å²) in [5.41, 5.74) is 5.75. The van der Waals surface area contributed by atoms with Gasteiger partial charge in [0.05, 0.1) is 0 Å². The summed E-state index contributed by atoms with van der Waals surface area (Å²) >= 11 is 0. The van der Waals surface area contributed by atoms with Crippen molar-refractivity contribution in [2.24, 2.45) is 23.5 Å². The number of nitrogens with two attached hydrogens (primary N) is 1. The van der Waals surface area contributed by atoms with Crippen LogP contribution in [0.25, 0.3) is 0 Å². The van der Waals surface area contributed by atoms with Gasteiger partial charge in [-0.3, -0.25) is 4.79 Å². The van der Waals surface area contributed by atoms with Crippen LogP contribution < -0.4 is 5.73 Å². The van der Waals surface area contributed by atoms with E-state index in [0.29, 0.717) is 30.3 Å². The fourth-order valence-corrected chi connectivity index (χ4v) is 2.96. The van der Waals surface area contributed by atoms with Gasteiger partial charge in [0.15, 0.2) is 0 Å². The van der Waals surface area contributed by atoms with Crippen molar-refractivity contribution in [1.82, 2.24) is 4.90 Å². The average molecular weight is 240 g/mol. The number of hydrogen-bond donors (Lipinski definition) is 1. The van der Waals surface area contributed by atoms with Crippen LogP contribution in [0.2, 0.25) is 0 Å². The topological polar surface area (TPSA) is 46.3 Å². The Morgan fingerprint density at radius 1 is 1.35 bits per heavy atom. The number of carbonyl (C=O) groups is 1. The van der Waals surface area contributed by atoms with Gasteiger partial charge >= 0.3 is 0 Å². The van der Waals surface area contributed by atoms with E-state index >= 15 is 0 Å². The molecule has 1 rings (SSSR count). The van der Waals surface area contributed by atoms with Gasteiger partial charge in [0.1, 0.15) is 0 Å². The summed E-state index contributed by atoms with van der Waals surface area (Å²) in [5.74, 6) is 1.54. The summed E-state index contributed by atoms with van der Waals surface area (Å²) < 4.78 is 0. The maximum absolute atomic E-state index is 12.4. The fraction of sp³-hybridized carbons (Fsp3) is 0.929. The molecule has 2 N–H and O–H groups in total. The molecule has 1 amide bonds. The first-order valence-electron chi connectivity index (χ1n) is 6.94. The van der Waals surface area contributed by atoms with E-state index < -0.39 is 0 Å². The van der Waals surface area contributed by atoms with Gasteiger partial charge < -0.3 is 10.6 Å². The summed E-state index contributed by atoms with van der Waals surface area (Å²) in [6, 6.07) is 0.335. The lowest BCUT2D eigenvalue weighted by atomic mass is 9.93. The number of amides is 1. The molecule has 3 unspecified atom stereocenters. The lowest BCUT2D eigenvalue weighted by Gasteiger charge is -2.30. The molecule has 17 heavy (non-hydrogen) atoms. The van der Waals surface area contributed by atoms with Gasteiger partial charge in [0.25, 0.3) is 0 Å². The van der Waals surface area contributed by atoms with Gasteiger partial charge in [-0.05, 0) is 44.6 Å². The largest absolute Gasteiger partial charge is 0.343 e. The Hall–Kier alpha value is -0.570. The van der Waals surface area contributed by atoms with E-state index in [1.165, 1.54) is 0 Å². The predicted octanol–water partition coefficient (Wildman–Crippen LogP) is 2.25. The van der Waals surface area contributed by atoms with Crippen molar-refractivity contribution in [3.05, 3.63) is 0 Å². The van der Waals surface area contributed by atoms with E-state index in [1.54, 1.807) is 0 Å². The zero-order valence-corrected chi connectivity index (χ0v) is 11.8. The molecule has 0 aromatic rings. The standard InChI is InChI=1S/C14H28N2O/c1-10(2)8-11(3)16(4)14(17)13-7-5-6-12(13)9-15/h10-13H,5-9,15H2,1-4H3. The molecule has 0 aliphatic heterocycles.